The first-order valence-electron chi connectivity index (χ1n) is 7.66. The van der Waals surface area contributed by atoms with Gasteiger partial charge >= 0.3 is 0 Å². The molecule has 1 heterocycles. The van der Waals surface area contributed by atoms with Crippen LogP contribution in [0.1, 0.15) is 38.2 Å². The molecule has 4 nitrogen and oxygen atoms in total. The second-order valence-corrected chi connectivity index (χ2v) is 5.61. The molecule has 0 saturated carbocycles. The first kappa shape index (κ1) is 15.7. The van der Waals surface area contributed by atoms with Crippen molar-refractivity contribution >= 4 is 5.91 Å². The van der Waals surface area contributed by atoms with Gasteiger partial charge in [0.2, 0.25) is 5.91 Å². The standard InChI is InChI=1S/C17H25NO3/c1-13-6-4-5-11-18(13)17(19)10-7-14-12-15(20-2)8-9-16(14)21-3/h8-9,12-13H,4-7,10-11H2,1-3H3. The average Bonchev–Trinajstić information content (AvgIpc) is 2.52. The Hall–Kier alpha value is -1.71. The molecular formula is C17H25NO3. The van der Waals surface area contributed by atoms with Crippen LogP contribution in [0.5, 0.6) is 11.5 Å². The molecular weight excluding hydrogens is 266 g/mol. The maximum Gasteiger partial charge on any atom is 0.223 e. The zero-order chi connectivity index (χ0) is 15.2. The number of carbonyl (C=O) groups excluding carboxylic acids is 1. The third kappa shape index (κ3) is 3.90. The lowest BCUT2D eigenvalue weighted by Crippen LogP contribution is -2.42. The number of rotatable bonds is 5. The van der Waals surface area contributed by atoms with E-state index in [0.29, 0.717) is 18.9 Å². The van der Waals surface area contributed by atoms with Crippen LogP contribution in [0, 0.1) is 0 Å². The van der Waals surface area contributed by atoms with Crippen molar-refractivity contribution in [3.63, 3.8) is 0 Å². The number of piperidine rings is 1. The molecule has 0 N–H and O–H groups in total. The molecule has 0 aliphatic carbocycles. The van der Waals surface area contributed by atoms with E-state index in [2.05, 4.69) is 6.92 Å². The lowest BCUT2D eigenvalue weighted by molar-refractivity contribution is -0.134. The number of hydrogen-bond donors (Lipinski definition) is 0. The monoisotopic (exact) mass is 291 g/mol. The number of methoxy groups -OCH3 is 2. The molecule has 1 aromatic carbocycles. The summed E-state index contributed by atoms with van der Waals surface area (Å²) in [7, 11) is 3.30. The summed E-state index contributed by atoms with van der Waals surface area (Å²) < 4.78 is 10.6. The van der Waals surface area contributed by atoms with Crippen molar-refractivity contribution in [2.24, 2.45) is 0 Å². The Morgan fingerprint density at radius 3 is 2.76 bits per heavy atom. The van der Waals surface area contributed by atoms with Gasteiger partial charge in [-0.05, 0) is 56.4 Å². The normalized spacial score (nSPS) is 18.4. The van der Waals surface area contributed by atoms with E-state index in [1.54, 1.807) is 14.2 Å². The number of carbonyl (C=O) groups is 1. The van der Waals surface area contributed by atoms with Crippen LogP contribution >= 0.6 is 0 Å². The maximum absolute atomic E-state index is 12.4. The first-order valence-corrected chi connectivity index (χ1v) is 7.66. The van der Waals surface area contributed by atoms with Gasteiger partial charge < -0.3 is 14.4 Å². The van der Waals surface area contributed by atoms with Crippen molar-refractivity contribution in [3.05, 3.63) is 23.8 Å². The van der Waals surface area contributed by atoms with E-state index in [-0.39, 0.29) is 5.91 Å². The van der Waals surface area contributed by atoms with Crippen molar-refractivity contribution < 1.29 is 14.3 Å². The quantitative estimate of drug-likeness (QED) is 0.837. The molecule has 0 radical (unpaired) electrons. The van der Waals surface area contributed by atoms with Gasteiger partial charge in [0.1, 0.15) is 11.5 Å². The fraction of sp³-hybridized carbons (Fsp3) is 0.588. The minimum Gasteiger partial charge on any atom is -0.497 e. The molecule has 0 aromatic heterocycles. The highest BCUT2D eigenvalue weighted by atomic mass is 16.5. The minimum atomic E-state index is 0.243. The van der Waals surface area contributed by atoms with Crippen LogP contribution < -0.4 is 9.47 Å². The fourth-order valence-corrected chi connectivity index (χ4v) is 2.93. The number of ether oxygens (including phenoxy) is 2. The highest BCUT2D eigenvalue weighted by Crippen LogP contribution is 2.26. The van der Waals surface area contributed by atoms with Crippen LogP contribution in [0.4, 0.5) is 0 Å². The van der Waals surface area contributed by atoms with Gasteiger partial charge in [0, 0.05) is 19.0 Å². The summed E-state index contributed by atoms with van der Waals surface area (Å²) in [5, 5.41) is 0. The van der Waals surface area contributed by atoms with Gasteiger partial charge in [0.15, 0.2) is 0 Å². The first-order chi connectivity index (χ1) is 10.2. The van der Waals surface area contributed by atoms with Gasteiger partial charge in [-0.3, -0.25) is 4.79 Å². The minimum absolute atomic E-state index is 0.243. The molecule has 1 amide bonds. The zero-order valence-electron chi connectivity index (χ0n) is 13.2. The summed E-state index contributed by atoms with van der Waals surface area (Å²) in [4.78, 5) is 14.4. The smallest absolute Gasteiger partial charge is 0.223 e. The van der Waals surface area contributed by atoms with Gasteiger partial charge in [0.25, 0.3) is 0 Å². The summed E-state index contributed by atoms with van der Waals surface area (Å²) in [5.41, 5.74) is 1.02. The molecule has 1 fully saturated rings. The molecule has 0 spiro atoms. The van der Waals surface area contributed by atoms with Crippen molar-refractivity contribution in [3.8, 4) is 11.5 Å². The molecule has 1 atom stereocenters. The molecule has 1 aliphatic rings. The van der Waals surface area contributed by atoms with E-state index in [9.17, 15) is 4.79 Å². The van der Waals surface area contributed by atoms with Crippen LogP contribution in [-0.4, -0.2) is 37.6 Å². The molecule has 0 bridgehead atoms. The van der Waals surface area contributed by atoms with Crippen LogP contribution in [-0.2, 0) is 11.2 Å². The van der Waals surface area contributed by atoms with E-state index >= 15 is 0 Å². The van der Waals surface area contributed by atoms with E-state index in [1.165, 1.54) is 6.42 Å². The van der Waals surface area contributed by atoms with Crippen LogP contribution in [0.25, 0.3) is 0 Å². The summed E-state index contributed by atoms with van der Waals surface area (Å²) in [5.74, 6) is 1.85. The third-order valence-corrected chi connectivity index (χ3v) is 4.22. The van der Waals surface area contributed by atoms with E-state index in [1.807, 2.05) is 23.1 Å². The van der Waals surface area contributed by atoms with Gasteiger partial charge in [-0.15, -0.1) is 0 Å². The lowest BCUT2D eigenvalue weighted by Gasteiger charge is -2.33. The van der Waals surface area contributed by atoms with Crippen LogP contribution in [0.3, 0.4) is 0 Å². The Balaban J connectivity index is 2.00. The second-order valence-electron chi connectivity index (χ2n) is 5.61. The summed E-state index contributed by atoms with van der Waals surface area (Å²) in [6.07, 6.45) is 4.68. The van der Waals surface area contributed by atoms with Crippen molar-refractivity contribution in [2.45, 2.75) is 45.1 Å². The molecule has 1 aromatic rings. The molecule has 4 heteroatoms. The second kappa shape index (κ2) is 7.34. The predicted octanol–water partition coefficient (Wildman–Crippen LogP) is 3.04. The summed E-state index contributed by atoms with van der Waals surface area (Å²) in [6, 6.07) is 6.09. The zero-order valence-corrected chi connectivity index (χ0v) is 13.2. The van der Waals surface area contributed by atoms with E-state index < -0.39 is 0 Å². The third-order valence-electron chi connectivity index (χ3n) is 4.22. The maximum atomic E-state index is 12.4. The highest BCUT2D eigenvalue weighted by Gasteiger charge is 2.23. The Labute approximate surface area is 127 Å². The Morgan fingerprint density at radius 2 is 2.10 bits per heavy atom. The van der Waals surface area contributed by atoms with E-state index in [0.717, 1.165) is 36.4 Å². The fourth-order valence-electron chi connectivity index (χ4n) is 2.93. The molecule has 2 rings (SSSR count). The Bertz CT molecular complexity index is 487. The molecule has 1 saturated heterocycles. The molecule has 1 aliphatic heterocycles. The van der Waals surface area contributed by atoms with Gasteiger partial charge in [-0.1, -0.05) is 0 Å². The van der Waals surface area contributed by atoms with E-state index in [4.69, 9.17) is 9.47 Å². The van der Waals surface area contributed by atoms with Gasteiger partial charge in [-0.2, -0.15) is 0 Å². The van der Waals surface area contributed by atoms with Gasteiger partial charge in [0.05, 0.1) is 14.2 Å². The predicted molar refractivity (Wildman–Crippen MR) is 82.9 cm³/mol. The summed E-state index contributed by atoms with van der Waals surface area (Å²) in [6.45, 7) is 3.04. The van der Waals surface area contributed by atoms with Crippen LogP contribution in [0.15, 0.2) is 18.2 Å². The number of benzene rings is 1. The largest absolute Gasteiger partial charge is 0.497 e. The lowest BCUT2D eigenvalue weighted by atomic mass is 10.0. The number of amides is 1. The number of nitrogens with zero attached hydrogens (tertiary/aromatic N) is 1. The molecule has 21 heavy (non-hydrogen) atoms. The summed E-state index contributed by atoms with van der Waals surface area (Å²) >= 11 is 0. The topological polar surface area (TPSA) is 38.8 Å². The molecule has 1 unspecified atom stereocenters. The van der Waals surface area contributed by atoms with Crippen LogP contribution in [0.2, 0.25) is 0 Å². The molecule has 116 valence electrons. The average molecular weight is 291 g/mol. The number of hydrogen-bond acceptors (Lipinski definition) is 3. The highest BCUT2D eigenvalue weighted by molar-refractivity contribution is 5.77. The van der Waals surface area contributed by atoms with Crippen molar-refractivity contribution in [1.82, 2.24) is 4.90 Å². The number of likely N-dealkylation sites (tertiary alicyclic amines) is 1. The van der Waals surface area contributed by atoms with Gasteiger partial charge in [-0.25, -0.2) is 0 Å². The Kier molecular flexibility index (Phi) is 5.48. The number of aryl methyl sites for hydroxylation is 1. The van der Waals surface area contributed by atoms with Crippen molar-refractivity contribution in [1.29, 1.82) is 0 Å². The Morgan fingerprint density at radius 1 is 1.29 bits per heavy atom. The van der Waals surface area contributed by atoms with Crippen molar-refractivity contribution in [2.75, 3.05) is 20.8 Å². The SMILES string of the molecule is COc1ccc(OC)c(CCC(=O)N2CCCCC2C)c1.